The molecule has 0 aliphatic carbocycles. The molecule has 2 rings (SSSR count). The van der Waals surface area contributed by atoms with Crippen molar-refractivity contribution in [3.63, 3.8) is 0 Å². The maximum atomic E-state index is 3.04. The first-order valence-corrected chi connectivity index (χ1v) is 47.4. The van der Waals surface area contributed by atoms with Crippen LogP contribution in [0.3, 0.4) is 0 Å². The van der Waals surface area contributed by atoms with E-state index in [2.05, 4.69) is 167 Å². The first-order chi connectivity index (χ1) is 19.1. The van der Waals surface area contributed by atoms with Crippen LogP contribution in [0.25, 0.3) is 0 Å². The summed E-state index contributed by atoms with van der Waals surface area (Å²) in [4.78, 5) is 0. The molecule has 0 saturated heterocycles. The monoisotopic (exact) mass is 826 g/mol. The second-order valence-corrected chi connectivity index (χ2v) is 68.1. The van der Waals surface area contributed by atoms with Crippen molar-refractivity contribution < 1.29 is 0 Å². The zero-order chi connectivity index (χ0) is 35.0. The summed E-state index contributed by atoms with van der Waals surface area (Å²) in [5.74, 6) is 0. The van der Waals surface area contributed by atoms with Crippen LogP contribution >= 0.6 is 0 Å². The molecule has 0 amide bonds. The summed E-state index contributed by atoms with van der Waals surface area (Å²) in [5.41, 5.74) is 9.30. The van der Waals surface area contributed by atoms with E-state index in [1.54, 1.807) is 11.1 Å². The summed E-state index contributed by atoms with van der Waals surface area (Å²) < 4.78 is 5.41. The van der Waals surface area contributed by atoms with Crippen LogP contribution in [0.2, 0.25) is 146 Å². The number of rotatable bonds is 11. The topological polar surface area (TPSA) is 0 Å². The fourth-order valence-corrected chi connectivity index (χ4v) is 78.0. The van der Waals surface area contributed by atoms with Crippen molar-refractivity contribution in [2.75, 3.05) is 0 Å². The Morgan fingerprint density at radius 3 is 0.932 bits per heavy atom. The van der Waals surface area contributed by atoms with Crippen molar-refractivity contribution in [1.82, 2.24) is 0 Å². The molecule has 0 saturated carbocycles. The number of benzene rings is 1. The molecule has 0 atom stereocenters. The Kier molecular flexibility index (Phi) is 12.1. The Labute approximate surface area is 292 Å². The molecule has 1 aromatic carbocycles. The van der Waals surface area contributed by atoms with Gasteiger partial charge in [0.05, 0.1) is 0 Å². The van der Waals surface area contributed by atoms with E-state index in [1.165, 1.54) is 8.73 Å². The van der Waals surface area contributed by atoms with Crippen LogP contribution in [0, 0.1) is 0 Å². The summed E-state index contributed by atoms with van der Waals surface area (Å²) in [5, 5.41) is 1.64. The average molecular weight is 828 g/mol. The Morgan fingerprint density at radius 2 is 0.727 bits per heavy atom. The van der Waals surface area contributed by atoms with Crippen LogP contribution in [0.5, 0.6) is 0 Å². The number of hydrogen-bond acceptors (Lipinski definition) is 0. The molecule has 1 aliphatic heterocycles. The molecule has 0 N–H and O–H groups in total. The van der Waals surface area contributed by atoms with Crippen LogP contribution in [0.15, 0.2) is 23.3 Å². The van der Waals surface area contributed by atoms with E-state index >= 15 is 0 Å². The van der Waals surface area contributed by atoms with Gasteiger partial charge in [0, 0.05) is 0 Å². The fraction of sp³-hybridized carbons (Fsp3) is 0.778. The Morgan fingerprint density at radius 1 is 0.477 bits per heavy atom. The van der Waals surface area contributed by atoms with Gasteiger partial charge in [0.25, 0.3) is 0 Å². The first-order valence-electron chi connectivity index (χ1n) is 17.7. The van der Waals surface area contributed by atoms with E-state index in [0.29, 0.717) is 4.28 Å². The third-order valence-corrected chi connectivity index (χ3v) is 58.8. The molecule has 0 aromatic heterocycles. The van der Waals surface area contributed by atoms with Crippen molar-refractivity contribution in [3.8, 4) is 0 Å². The van der Waals surface area contributed by atoms with Gasteiger partial charge in [-0.15, -0.1) is 0 Å². The first kappa shape index (κ1) is 41.5. The van der Waals surface area contributed by atoms with E-state index in [0.717, 1.165) is 10.3 Å². The molecule has 1 aromatic rings. The zero-order valence-corrected chi connectivity index (χ0v) is 43.7. The third-order valence-electron chi connectivity index (χ3n) is 11.0. The minimum atomic E-state index is -1.78. The SMILES string of the molecule is CC1=C(C)[CH2][Sb]([c]2c(C([Si](C)(C)C)[Si](C)(C)C)cc(C([Si](C)(C)C)([Si](C)(C)C)[Si](C)(C)C)cc2C([Si](C)(C)C)[Si](C)(C)C)[CH2]1. The summed E-state index contributed by atoms with van der Waals surface area (Å²) >= 11 is -1.78. The predicted octanol–water partition coefficient (Wildman–Crippen LogP) is 12.3. The van der Waals surface area contributed by atoms with Crippen LogP contribution in [0.1, 0.15) is 40.9 Å². The summed E-state index contributed by atoms with van der Waals surface area (Å²) in [6, 6.07) is 6.07. The number of hydrogen-bond donors (Lipinski definition) is 0. The zero-order valence-electron chi connectivity index (χ0n) is 34.2. The van der Waals surface area contributed by atoms with E-state index in [-0.39, 0.29) is 0 Å². The fourth-order valence-electron chi connectivity index (χ4n) is 11.9. The van der Waals surface area contributed by atoms with Crippen molar-refractivity contribution in [1.29, 1.82) is 0 Å². The molecule has 0 nitrogen and oxygen atoms in total. The molecule has 1 heterocycles. The quantitative estimate of drug-likeness (QED) is 0.154. The average Bonchev–Trinajstić information content (AvgIpc) is 2.98. The molecule has 254 valence electrons. The molecular weight excluding hydrogens is 751 g/mol. The molecule has 0 radical (unpaired) electrons. The second kappa shape index (κ2) is 12.9. The van der Waals surface area contributed by atoms with Gasteiger partial charge in [0.1, 0.15) is 0 Å². The molecule has 0 fully saturated rings. The van der Waals surface area contributed by atoms with Crippen LogP contribution in [-0.2, 0) is 4.28 Å². The van der Waals surface area contributed by atoms with Crippen LogP contribution in [0.4, 0.5) is 0 Å². The Balaban J connectivity index is 3.51. The van der Waals surface area contributed by atoms with Gasteiger partial charge in [-0.25, -0.2) is 0 Å². The van der Waals surface area contributed by atoms with Gasteiger partial charge < -0.3 is 0 Å². The molecule has 44 heavy (non-hydrogen) atoms. The minimum absolute atomic E-state index is 0.425. The second-order valence-electron chi connectivity index (χ2n) is 22.3. The van der Waals surface area contributed by atoms with Crippen molar-refractivity contribution in [3.05, 3.63) is 40.0 Å². The maximum absolute atomic E-state index is 3.04. The Bertz CT molecular complexity index is 1100. The molecule has 0 unspecified atom stereocenters. The van der Waals surface area contributed by atoms with Crippen molar-refractivity contribution >= 4 is 80.2 Å². The van der Waals surface area contributed by atoms with E-state index < -0.39 is 76.7 Å². The van der Waals surface area contributed by atoms with Gasteiger partial charge in [-0.3, -0.25) is 0 Å². The van der Waals surface area contributed by atoms with Gasteiger partial charge in [-0.1, -0.05) is 0 Å². The standard InChI is InChI=1S/C30H67Si7.C6H10.Sb/c1-31(2,3)28(32(4,5)6)25-22-26(29(33(7,8)9)34(10,11)12)24-27(23-25)30(35(13,14)15,36(16,17)18)37(19,20)21;1-5(2)6(3)4;/h23-24,28-29H,1-21H3;1,3H2,2,4H3;. The van der Waals surface area contributed by atoms with E-state index in [9.17, 15) is 0 Å². The van der Waals surface area contributed by atoms with Gasteiger partial charge in [0.15, 0.2) is 0 Å². The predicted molar refractivity (Wildman–Crippen MR) is 230 cm³/mol. The Hall–Kier alpha value is 1.30. The summed E-state index contributed by atoms with van der Waals surface area (Å²) in [6.07, 6.45) is 0. The van der Waals surface area contributed by atoms with Crippen molar-refractivity contribution in [2.24, 2.45) is 0 Å². The molecule has 0 bridgehead atoms. The van der Waals surface area contributed by atoms with Gasteiger partial charge in [0.2, 0.25) is 0 Å². The molecule has 8 heteroatoms. The molecular formula is C36H77SbSi7. The number of allylic oxidation sites excluding steroid dienone is 2. The summed E-state index contributed by atoms with van der Waals surface area (Å²) in [7, 11) is -11.0. The van der Waals surface area contributed by atoms with Crippen LogP contribution < -0.4 is 3.51 Å². The normalized spacial score (nSPS) is 17.5. The van der Waals surface area contributed by atoms with Gasteiger partial charge >= 0.3 is 295 Å². The van der Waals surface area contributed by atoms with E-state index in [4.69, 9.17) is 0 Å². The van der Waals surface area contributed by atoms with Gasteiger partial charge in [-0.05, 0) is 0 Å². The van der Waals surface area contributed by atoms with Crippen molar-refractivity contribution in [2.45, 2.75) is 175 Å². The van der Waals surface area contributed by atoms with Crippen LogP contribution in [-0.4, -0.2) is 76.7 Å². The molecule has 1 aliphatic rings. The van der Waals surface area contributed by atoms with Gasteiger partial charge in [-0.2, -0.15) is 0 Å². The molecule has 0 spiro atoms. The third kappa shape index (κ3) is 8.02. The summed E-state index contributed by atoms with van der Waals surface area (Å²) in [6.45, 7) is 62.7. The van der Waals surface area contributed by atoms with E-state index in [1.807, 2.05) is 16.7 Å².